The van der Waals surface area contributed by atoms with E-state index in [1.807, 2.05) is 4.90 Å². The molecule has 25 heteroatoms. The quantitative estimate of drug-likeness (QED) is 0.0670. The number of hydrogen-bond acceptors (Lipinski definition) is 25. The number of likely N-dealkylation sites (N-methyl/N-ethyl adjacent to an activating group) is 1. The van der Waals surface area contributed by atoms with Crippen molar-refractivity contribution in [3.05, 3.63) is 0 Å². The zero-order valence-electron chi connectivity index (χ0n) is 44.8. The van der Waals surface area contributed by atoms with Crippen LogP contribution in [0.5, 0.6) is 0 Å². The number of aliphatic hydroxyl groups is 12. The molecule has 0 radical (unpaired) electrons. The first-order valence-corrected chi connectivity index (χ1v) is 25.4. The fourth-order valence-electron chi connectivity index (χ4n) is 11.0. The van der Waals surface area contributed by atoms with Crippen molar-refractivity contribution in [1.29, 1.82) is 0 Å². The number of nitrogens with zero attached hydrogens (tertiary/aromatic N) is 1. The van der Waals surface area contributed by atoms with Crippen molar-refractivity contribution >= 4 is 17.7 Å². The van der Waals surface area contributed by atoms with Crippen molar-refractivity contribution in [2.75, 3.05) is 34.4 Å². The number of ether oxygens (including phenoxy) is 9. The van der Waals surface area contributed by atoms with Crippen molar-refractivity contribution in [2.45, 2.75) is 234 Å². The molecule has 4 unspecified atom stereocenters. The Morgan fingerprint density at radius 1 is 0.811 bits per heavy atom. The third-order valence-electron chi connectivity index (χ3n) is 15.6. The van der Waals surface area contributed by atoms with E-state index in [1.54, 1.807) is 41.8 Å². The van der Waals surface area contributed by atoms with Crippen LogP contribution in [0.25, 0.3) is 0 Å². The molecule has 4 aliphatic heterocycles. The van der Waals surface area contributed by atoms with Gasteiger partial charge in [-0.15, -0.1) is 0 Å². The van der Waals surface area contributed by atoms with Crippen LogP contribution in [-0.2, 0) is 57.0 Å². The van der Waals surface area contributed by atoms with Gasteiger partial charge in [-0.05, 0) is 74.9 Å². The summed E-state index contributed by atoms with van der Waals surface area (Å²) in [6.45, 7) is 13.2. The molecule has 4 saturated heterocycles. The lowest BCUT2D eigenvalue weighted by molar-refractivity contribution is -0.328. The Bertz CT molecular complexity index is 1810. The van der Waals surface area contributed by atoms with E-state index in [9.17, 15) is 75.7 Å². The van der Waals surface area contributed by atoms with Gasteiger partial charge in [-0.3, -0.25) is 9.59 Å². The number of ketones is 1. The van der Waals surface area contributed by atoms with Gasteiger partial charge in [0.1, 0.15) is 71.9 Å². The van der Waals surface area contributed by atoms with Gasteiger partial charge in [-0.25, -0.2) is 4.79 Å². The van der Waals surface area contributed by atoms with Crippen molar-refractivity contribution in [1.82, 2.24) is 4.90 Å². The predicted octanol–water partition coefficient (Wildman–Crippen LogP) is -3.40. The maximum absolute atomic E-state index is 14.5. The summed E-state index contributed by atoms with van der Waals surface area (Å²) in [6.07, 6.45) is -31.2. The number of cyclic esters (lactones) is 1. The summed E-state index contributed by atoms with van der Waals surface area (Å²) in [4.78, 5) is 44.0. The Kier molecular flexibility index (Phi) is 22.8. The van der Waals surface area contributed by atoms with Crippen LogP contribution in [0.3, 0.4) is 0 Å². The van der Waals surface area contributed by atoms with Gasteiger partial charge in [0.25, 0.3) is 0 Å². The lowest BCUT2D eigenvalue weighted by Gasteiger charge is -2.49. The molecular formula is C49H87NO24. The van der Waals surface area contributed by atoms with Crippen LogP contribution in [0.2, 0.25) is 0 Å². The Hall–Kier alpha value is -2.19. The van der Waals surface area contributed by atoms with E-state index in [4.69, 9.17) is 42.6 Å². The molecule has 0 saturated carbocycles. The molecular weight excluding hydrogens is 987 g/mol. The lowest BCUT2D eigenvalue weighted by Crippen LogP contribution is -2.62. The molecule has 4 rings (SSSR count). The van der Waals surface area contributed by atoms with Gasteiger partial charge >= 0.3 is 11.9 Å². The molecule has 0 amide bonds. The highest BCUT2D eigenvalue weighted by molar-refractivity contribution is 5.83. The van der Waals surface area contributed by atoms with E-state index >= 15 is 0 Å². The Morgan fingerprint density at radius 3 is 1.99 bits per heavy atom. The fourth-order valence-corrected chi connectivity index (χ4v) is 11.0. The first-order valence-electron chi connectivity index (χ1n) is 25.4. The third-order valence-corrected chi connectivity index (χ3v) is 15.6. The normalized spacial score (nSPS) is 46.0. The fraction of sp³-hybridized carbons (Fsp3) is 0.939. The topological polar surface area (TPSA) is 380 Å². The summed E-state index contributed by atoms with van der Waals surface area (Å²) in [7, 11) is 4.85. The highest BCUT2D eigenvalue weighted by Gasteiger charge is 2.56. The number of rotatable bonds is 16. The van der Waals surface area contributed by atoms with Crippen LogP contribution >= 0.6 is 0 Å². The molecule has 4 heterocycles. The monoisotopic (exact) mass is 1070 g/mol. The Balaban J connectivity index is 1.71. The van der Waals surface area contributed by atoms with Gasteiger partial charge < -0.3 is 109 Å². The first kappa shape index (κ1) is 64.3. The van der Waals surface area contributed by atoms with Crippen molar-refractivity contribution < 1.29 is 118 Å². The number of Topliss-reactive ketones (excluding diaryl/α,β-unsaturated/α-hetero) is 1. The van der Waals surface area contributed by atoms with E-state index in [-0.39, 0.29) is 19.3 Å². The number of esters is 2. The average Bonchev–Trinajstić information content (AvgIpc) is 3.34. The van der Waals surface area contributed by atoms with Crippen LogP contribution in [0, 0.1) is 23.7 Å². The first-order chi connectivity index (χ1) is 34.2. The van der Waals surface area contributed by atoms with Gasteiger partial charge in [-0.1, -0.05) is 27.7 Å². The zero-order valence-corrected chi connectivity index (χ0v) is 44.8. The van der Waals surface area contributed by atoms with E-state index in [0.717, 1.165) is 0 Å². The van der Waals surface area contributed by atoms with Crippen LogP contribution in [0.4, 0.5) is 0 Å². The van der Waals surface area contributed by atoms with Gasteiger partial charge in [0.05, 0.1) is 55.3 Å². The largest absolute Gasteiger partial charge is 0.459 e. The summed E-state index contributed by atoms with van der Waals surface area (Å²) < 4.78 is 54.1. The second-order valence-corrected chi connectivity index (χ2v) is 21.9. The zero-order chi connectivity index (χ0) is 56.3. The molecule has 0 aromatic heterocycles. The predicted molar refractivity (Wildman–Crippen MR) is 254 cm³/mol. The molecule has 25 nitrogen and oxygen atoms in total. The molecule has 432 valence electrons. The van der Waals surface area contributed by atoms with E-state index in [0.29, 0.717) is 6.42 Å². The molecule has 4 aliphatic rings. The van der Waals surface area contributed by atoms with Gasteiger partial charge in [-0.2, -0.15) is 0 Å². The van der Waals surface area contributed by atoms with E-state index < -0.39 is 194 Å². The molecule has 0 spiro atoms. The number of aliphatic hydroxyl groups excluding tert-OH is 10. The van der Waals surface area contributed by atoms with Crippen molar-refractivity contribution in [3.8, 4) is 0 Å². The molecule has 27 atom stereocenters. The van der Waals surface area contributed by atoms with Crippen molar-refractivity contribution in [3.63, 3.8) is 0 Å². The lowest BCUT2D eigenvalue weighted by atomic mass is 9.74. The third kappa shape index (κ3) is 14.2. The number of methoxy groups -OCH3 is 1. The van der Waals surface area contributed by atoms with Crippen LogP contribution < -0.4 is 0 Å². The minimum absolute atomic E-state index is 0.0118. The summed E-state index contributed by atoms with van der Waals surface area (Å²) in [5, 5.41) is 131. The summed E-state index contributed by atoms with van der Waals surface area (Å²) in [5.41, 5.74) is -5.68. The number of hydrogen-bond donors (Lipinski definition) is 12. The van der Waals surface area contributed by atoms with Gasteiger partial charge in [0.15, 0.2) is 31.1 Å². The second-order valence-electron chi connectivity index (χ2n) is 21.9. The smallest absolute Gasteiger partial charge is 0.338 e. The second kappa shape index (κ2) is 26.2. The highest BCUT2D eigenvalue weighted by Crippen LogP contribution is 2.42. The van der Waals surface area contributed by atoms with Gasteiger partial charge in [0, 0.05) is 37.3 Å². The van der Waals surface area contributed by atoms with Crippen LogP contribution in [0.15, 0.2) is 0 Å². The Morgan fingerprint density at radius 2 is 1.43 bits per heavy atom. The summed E-state index contributed by atoms with van der Waals surface area (Å²) >= 11 is 0. The maximum atomic E-state index is 14.5. The van der Waals surface area contributed by atoms with Crippen LogP contribution in [-0.4, -0.2) is 258 Å². The van der Waals surface area contributed by atoms with Gasteiger partial charge in [0.2, 0.25) is 0 Å². The summed E-state index contributed by atoms with van der Waals surface area (Å²) in [6, 6.07) is -0.446. The van der Waals surface area contributed by atoms with Crippen molar-refractivity contribution in [2.24, 2.45) is 23.7 Å². The SMILES string of the molecule is CC[C@H]1OC(=O)[C@H](C)[C@H](O[C@H]2C[C@@](C)(OC)[C@@H](OC(=O)C(O)C(O)C(O[C@@H]3O[C@H](CO)[C@H](O)[C@H](O)[C@H]3O)C(O)CO)[C@H](C)O2)[C@@H](C)[C@@H](O[C@@H]2O[C@H](C)C[C@H](N(C)C)[C@H]2O)[C@](C)(O)C[C@@H](C)C(=O)[C@H](C)[C@@H](O)[C@]1(C)O. The molecule has 4 fully saturated rings. The maximum Gasteiger partial charge on any atom is 0.338 e. The molecule has 74 heavy (non-hydrogen) atoms. The molecule has 0 bridgehead atoms. The minimum Gasteiger partial charge on any atom is -0.459 e. The molecule has 12 N–H and O–H groups in total. The highest BCUT2D eigenvalue weighted by atomic mass is 16.7. The molecule has 0 aromatic rings. The number of carbonyl (C=O) groups excluding carboxylic acids is 3. The Labute approximate surface area is 432 Å². The van der Waals surface area contributed by atoms with E-state index in [1.165, 1.54) is 48.7 Å². The van der Waals surface area contributed by atoms with E-state index in [2.05, 4.69) is 0 Å². The molecule has 0 aromatic carbocycles. The molecule has 0 aliphatic carbocycles. The number of carbonyl (C=O) groups is 3. The van der Waals surface area contributed by atoms with Crippen LogP contribution in [0.1, 0.15) is 94.9 Å². The standard InChI is InChI=1S/C49H87NO24/c1-14-29-49(10,65)40(61)22(4)31(54)20(2)16-47(8,64)41(74-45-32(55)26(50(11)12)15-21(3)67-45)23(5)38(24(6)43(62)70-29)71-30-17-48(9,66-13)42(25(7)68-30)73-44(63)36(59)35(58)39(27(53)18-51)72-46-37(60)34(57)33(56)28(19-52)69-46/h20-30,32-42,45-46,51-53,55-61,64-65H,14-19H2,1-13H3/t20-,21-,22+,23-,24-,25+,26+,27?,28-,29-,30+,32-,33+,34+,35?,36?,37-,38-,39?,40-,41-,42+,45+,46+,47-,48-,49-/m1/s1. The average molecular weight is 1070 g/mol. The minimum atomic E-state index is -2.55. The summed E-state index contributed by atoms with van der Waals surface area (Å²) in [5.74, 6) is -7.44.